The van der Waals surface area contributed by atoms with Crippen LogP contribution in [0.4, 0.5) is 9.59 Å². The van der Waals surface area contributed by atoms with Crippen LogP contribution in [0.25, 0.3) is 0 Å². The Morgan fingerprint density at radius 3 is 2.24 bits per heavy atom. The standard InChI is InChI=1S/C26H42ClN3O6S/c1-25(2,3)35-23(31)29-17-10-12-22(29)11-8-7-9-18-30(24(32)36-26(4,5)6)37(33,34)28-19-20-13-15-21(27)16-14-20/h13-16,22,28H,7-12,17-19H2,1-6H3/t22-/m0/s1. The lowest BCUT2D eigenvalue weighted by Crippen LogP contribution is -2.46. The van der Waals surface area contributed by atoms with Gasteiger partial charge in [0.05, 0.1) is 0 Å². The first-order valence-corrected chi connectivity index (χ1v) is 14.6. The number of unbranched alkanes of at least 4 members (excludes halogenated alkanes) is 2. The molecule has 1 heterocycles. The third-order valence-electron chi connectivity index (χ3n) is 5.66. The van der Waals surface area contributed by atoms with Crippen molar-refractivity contribution in [2.24, 2.45) is 0 Å². The van der Waals surface area contributed by atoms with Crippen LogP contribution in [0.5, 0.6) is 0 Å². The zero-order valence-corrected chi connectivity index (χ0v) is 24.5. The maximum absolute atomic E-state index is 13.0. The molecule has 0 spiro atoms. The van der Waals surface area contributed by atoms with Gasteiger partial charge in [-0.25, -0.2) is 9.59 Å². The van der Waals surface area contributed by atoms with Crippen molar-refractivity contribution in [2.75, 3.05) is 13.1 Å². The minimum absolute atomic E-state index is 0.00862. The maximum atomic E-state index is 13.0. The van der Waals surface area contributed by atoms with E-state index in [1.54, 1.807) is 49.9 Å². The molecule has 11 heteroatoms. The van der Waals surface area contributed by atoms with Crippen LogP contribution in [-0.4, -0.2) is 60.1 Å². The molecule has 0 aromatic heterocycles. The van der Waals surface area contributed by atoms with Gasteiger partial charge in [0, 0.05) is 30.7 Å². The van der Waals surface area contributed by atoms with Crippen LogP contribution in [0.2, 0.25) is 5.02 Å². The molecule has 0 bridgehead atoms. The average Bonchev–Trinajstić information content (AvgIpc) is 3.22. The molecule has 1 aliphatic heterocycles. The van der Waals surface area contributed by atoms with Gasteiger partial charge in [-0.05, 0) is 84.9 Å². The van der Waals surface area contributed by atoms with Gasteiger partial charge >= 0.3 is 22.4 Å². The van der Waals surface area contributed by atoms with Gasteiger partial charge in [-0.1, -0.05) is 36.6 Å². The van der Waals surface area contributed by atoms with E-state index >= 15 is 0 Å². The predicted octanol–water partition coefficient (Wildman–Crippen LogP) is 5.87. The maximum Gasteiger partial charge on any atom is 0.425 e. The van der Waals surface area contributed by atoms with Gasteiger partial charge in [0.2, 0.25) is 0 Å². The summed E-state index contributed by atoms with van der Waals surface area (Å²) < 4.78 is 40.2. The monoisotopic (exact) mass is 559 g/mol. The Bertz CT molecular complexity index is 1000. The number of likely N-dealkylation sites (tertiary alicyclic amines) is 1. The molecular formula is C26H42ClN3O6S. The summed E-state index contributed by atoms with van der Waals surface area (Å²) >= 11 is 5.89. The number of hydrogen-bond donors (Lipinski definition) is 1. The molecule has 37 heavy (non-hydrogen) atoms. The van der Waals surface area contributed by atoms with Crippen molar-refractivity contribution in [3.63, 3.8) is 0 Å². The Morgan fingerprint density at radius 2 is 1.65 bits per heavy atom. The second-order valence-electron chi connectivity index (χ2n) is 11.3. The summed E-state index contributed by atoms with van der Waals surface area (Å²) in [6.07, 6.45) is 3.43. The highest BCUT2D eigenvalue weighted by Crippen LogP contribution is 2.25. The number of halogens is 1. The van der Waals surface area contributed by atoms with Gasteiger partial charge in [-0.2, -0.15) is 17.4 Å². The Morgan fingerprint density at radius 1 is 1.03 bits per heavy atom. The largest absolute Gasteiger partial charge is 0.444 e. The fourth-order valence-electron chi connectivity index (χ4n) is 3.99. The Balaban J connectivity index is 1.93. The fourth-order valence-corrected chi connectivity index (χ4v) is 5.22. The molecule has 9 nitrogen and oxygen atoms in total. The molecule has 0 radical (unpaired) electrons. The van der Waals surface area contributed by atoms with E-state index in [2.05, 4.69) is 4.72 Å². The number of nitrogens with zero attached hydrogens (tertiary/aromatic N) is 2. The van der Waals surface area contributed by atoms with Crippen LogP contribution in [0.15, 0.2) is 24.3 Å². The van der Waals surface area contributed by atoms with Crippen LogP contribution >= 0.6 is 11.6 Å². The number of carbonyl (C=O) groups is 2. The number of nitrogens with one attached hydrogen (secondary N) is 1. The first-order valence-electron chi connectivity index (χ1n) is 12.8. The molecule has 0 saturated carbocycles. The predicted molar refractivity (Wildman–Crippen MR) is 145 cm³/mol. The number of benzene rings is 1. The summed E-state index contributed by atoms with van der Waals surface area (Å²) in [5, 5.41) is 0.550. The first-order chi connectivity index (χ1) is 17.1. The highest BCUT2D eigenvalue weighted by molar-refractivity contribution is 7.87. The van der Waals surface area contributed by atoms with Crippen LogP contribution in [-0.2, 0) is 26.2 Å². The summed E-state index contributed by atoms with van der Waals surface area (Å²) in [6.45, 7) is 11.3. The third-order valence-corrected chi connectivity index (χ3v) is 7.34. The van der Waals surface area contributed by atoms with E-state index in [9.17, 15) is 18.0 Å². The Labute approximate surface area is 227 Å². The summed E-state index contributed by atoms with van der Waals surface area (Å²) in [5.41, 5.74) is -0.667. The van der Waals surface area contributed by atoms with Crippen molar-refractivity contribution < 1.29 is 27.5 Å². The molecule has 1 aromatic rings. The van der Waals surface area contributed by atoms with Crippen molar-refractivity contribution in [3.05, 3.63) is 34.9 Å². The lowest BCUT2D eigenvalue weighted by Gasteiger charge is -2.29. The van der Waals surface area contributed by atoms with Crippen molar-refractivity contribution in [2.45, 2.75) is 104 Å². The van der Waals surface area contributed by atoms with E-state index in [1.165, 1.54) is 0 Å². The first kappa shape index (κ1) is 31.2. The fraction of sp³-hybridized carbons (Fsp3) is 0.692. The van der Waals surface area contributed by atoms with Gasteiger partial charge in [-0.3, -0.25) is 0 Å². The summed E-state index contributed by atoms with van der Waals surface area (Å²) in [4.78, 5) is 27.1. The molecule has 1 atom stereocenters. The number of hydrogen-bond acceptors (Lipinski definition) is 6. The number of rotatable bonds is 10. The van der Waals surface area contributed by atoms with Crippen molar-refractivity contribution in [1.29, 1.82) is 0 Å². The normalized spacial score (nSPS) is 16.5. The Kier molecular flexibility index (Phi) is 11.1. The van der Waals surface area contributed by atoms with Gasteiger partial charge in [0.25, 0.3) is 0 Å². The number of carbonyl (C=O) groups excluding carboxylic acids is 2. The van der Waals surface area contributed by atoms with Crippen LogP contribution in [0.1, 0.15) is 85.6 Å². The topological polar surface area (TPSA) is 105 Å². The molecule has 1 aromatic carbocycles. The summed E-state index contributed by atoms with van der Waals surface area (Å²) in [6, 6.07) is 6.89. The van der Waals surface area contributed by atoms with Crippen molar-refractivity contribution in [1.82, 2.24) is 13.9 Å². The molecule has 1 aliphatic rings. The van der Waals surface area contributed by atoms with E-state index in [1.807, 2.05) is 20.8 Å². The Hall–Kier alpha value is -2.04. The zero-order valence-electron chi connectivity index (χ0n) is 22.9. The van der Waals surface area contributed by atoms with E-state index in [4.69, 9.17) is 21.1 Å². The number of ether oxygens (including phenoxy) is 2. The summed E-state index contributed by atoms with van der Waals surface area (Å²) in [7, 11) is -4.14. The van der Waals surface area contributed by atoms with Crippen molar-refractivity contribution >= 4 is 34.0 Å². The van der Waals surface area contributed by atoms with E-state index < -0.39 is 27.5 Å². The molecule has 2 amide bonds. The molecule has 0 unspecified atom stereocenters. The minimum Gasteiger partial charge on any atom is -0.444 e. The van der Waals surface area contributed by atoms with Gasteiger partial charge in [0.1, 0.15) is 11.2 Å². The quantitative estimate of drug-likeness (QED) is 0.359. The molecule has 1 saturated heterocycles. The molecule has 1 N–H and O–H groups in total. The highest BCUT2D eigenvalue weighted by Gasteiger charge is 2.33. The SMILES string of the molecule is CC(C)(C)OC(=O)N1CCC[C@@H]1CCCCCN(C(=O)OC(C)(C)C)S(=O)(=O)NCc1ccc(Cl)cc1. The molecule has 1 fully saturated rings. The highest BCUT2D eigenvalue weighted by atomic mass is 35.5. The molecule has 2 rings (SSSR count). The third kappa shape index (κ3) is 11.1. The smallest absolute Gasteiger partial charge is 0.425 e. The molecular weight excluding hydrogens is 518 g/mol. The van der Waals surface area contributed by atoms with E-state index in [0.717, 1.165) is 30.0 Å². The number of amides is 2. The van der Waals surface area contributed by atoms with Crippen LogP contribution < -0.4 is 4.72 Å². The second kappa shape index (κ2) is 13.2. The van der Waals surface area contributed by atoms with Gasteiger partial charge in [0.15, 0.2) is 0 Å². The van der Waals surface area contributed by atoms with Gasteiger partial charge in [-0.15, -0.1) is 0 Å². The average molecular weight is 560 g/mol. The van der Waals surface area contributed by atoms with Crippen LogP contribution in [0.3, 0.4) is 0 Å². The minimum atomic E-state index is -4.14. The summed E-state index contributed by atoms with van der Waals surface area (Å²) in [5.74, 6) is 0. The van der Waals surface area contributed by atoms with Gasteiger partial charge < -0.3 is 14.4 Å². The van der Waals surface area contributed by atoms with E-state index in [0.29, 0.717) is 30.0 Å². The lowest BCUT2D eigenvalue weighted by molar-refractivity contribution is 0.0216. The van der Waals surface area contributed by atoms with Crippen LogP contribution in [0, 0.1) is 0 Å². The zero-order chi connectivity index (χ0) is 27.9. The molecule has 0 aliphatic carbocycles. The van der Waals surface area contributed by atoms with E-state index in [-0.39, 0.29) is 25.2 Å². The molecule has 210 valence electrons. The van der Waals surface area contributed by atoms with Crippen molar-refractivity contribution in [3.8, 4) is 0 Å². The second-order valence-corrected chi connectivity index (χ2v) is 13.4. The lowest BCUT2D eigenvalue weighted by atomic mass is 10.1.